The zero-order valence-corrected chi connectivity index (χ0v) is 22.3. The van der Waals surface area contributed by atoms with Crippen molar-refractivity contribution in [2.24, 2.45) is 5.92 Å². The third kappa shape index (κ3) is 4.01. The monoisotopic (exact) mass is 500 g/mol. The highest BCUT2D eigenvalue weighted by molar-refractivity contribution is 5.82. The number of ether oxygens (including phenoxy) is 1. The molecule has 5 aliphatic rings. The van der Waals surface area contributed by atoms with Gasteiger partial charge in [-0.3, -0.25) is 9.88 Å². The Balaban J connectivity index is 1.10. The molecule has 4 heteroatoms. The quantitative estimate of drug-likeness (QED) is 0.407. The predicted molar refractivity (Wildman–Crippen MR) is 147 cm³/mol. The molecule has 2 saturated heterocycles. The molecule has 7 rings (SSSR count). The molecule has 196 valence electrons. The average molecular weight is 501 g/mol. The molecule has 1 aromatic heterocycles. The van der Waals surface area contributed by atoms with E-state index in [1.54, 1.807) is 0 Å². The van der Waals surface area contributed by atoms with Crippen molar-refractivity contribution in [3.05, 3.63) is 65.5 Å². The molecule has 2 unspecified atom stereocenters. The van der Waals surface area contributed by atoms with E-state index in [9.17, 15) is 4.39 Å². The number of nitrogens with zero attached hydrogens (tertiary/aromatic N) is 2. The van der Waals surface area contributed by atoms with Crippen LogP contribution in [-0.4, -0.2) is 46.4 Å². The van der Waals surface area contributed by atoms with Gasteiger partial charge in [0.15, 0.2) is 0 Å². The molecule has 3 nitrogen and oxygen atoms in total. The molecule has 3 fully saturated rings. The first kappa shape index (κ1) is 24.0. The van der Waals surface area contributed by atoms with Gasteiger partial charge in [-0.15, -0.1) is 0 Å². The Morgan fingerprint density at radius 3 is 2.97 bits per heavy atom. The normalized spacial score (nSPS) is 36.1. The van der Waals surface area contributed by atoms with Crippen LogP contribution in [0.3, 0.4) is 0 Å². The van der Waals surface area contributed by atoms with Gasteiger partial charge in [0.2, 0.25) is 0 Å². The number of benzene rings is 1. The van der Waals surface area contributed by atoms with Gasteiger partial charge >= 0.3 is 0 Å². The van der Waals surface area contributed by atoms with Crippen molar-refractivity contribution >= 4 is 10.8 Å². The highest BCUT2D eigenvalue weighted by Crippen LogP contribution is 2.61. The molecule has 0 N–H and O–H groups in total. The molecule has 3 aliphatic heterocycles. The zero-order chi connectivity index (χ0) is 25.0. The highest BCUT2D eigenvalue weighted by Gasteiger charge is 2.60. The number of alkyl halides is 1. The van der Waals surface area contributed by atoms with Crippen molar-refractivity contribution < 1.29 is 9.13 Å². The fraction of sp³-hybridized carbons (Fsp3) is 0.606. The summed E-state index contributed by atoms with van der Waals surface area (Å²) in [7, 11) is 0. The van der Waals surface area contributed by atoms with Gasteiger partial charge in [0.25, 0.3) is 0 Å². The van der Waals surface area contributed by atoms with Crippen LogP contribution in [-0.2, 0) is 4.74 Å². The number of allylic oxidation sites excluding steroid dienone is 1. The van der Waals surface area contributed by atoms with Gasteiger partial charge in [0, 0.05) is 36.9 Å². The molecule has 4 heterocycles. The Bertz CT molecular complexity index is 1240. The standard InChI is InChI=1S/C33H41FN2O/c1-2-23(25-7-6-24-12-16-35-21-26(24)18-25)8-9-27-4-3-5-29-19-28-10-11-31(36-17-13-30(34)22-36)20-32(28)14-15-33(27,29)37-32/h5-7,12,16,18-19,21,23,27,30-31H,2-4,8-11,13-15,17,20,22H2,1H3/t23?,27-,30-,31?,32+,33-/m0/s1. The van der Waals surface area contributed by atoms with E-state index in [0.29, 0.717) is 30.8 Å². The average Bonchev–Trinajstić information content (AvgIpc) is 3.49. The summed E-state index contributed by atoms with van der Waals surface area (Å²) < 4.78 is 21.4. The van der Waals surface area contributed by atoms with Crippen LogP contribution in [0.15, 0.2) is 60.0 Å². The maximum Gasteiger partial charge on any atom is 0.114 e. The largest absolute Gasteiger partial charge is 0.359 e. The van der Waals surface area contributed by atoms with E-state index in [1.165, 1.54) is 53.2 Å². The van der Waals surface area contributed by atoms with Crippen LogP contribution < -0.4 is 0 Å². The lowest BCUT2D eigenvalue weighted by Gasteiger charge is -2.51. The molecule has 0 amide bonds. The van der Waals surface area contributed by atoms with Crippen LogP contribution in [0, 0.1) is 5.92 Å². The number of pyridine rings is 1. The fourth-order valence-electron chi connectivity index (χ4n) is 8.65. The van der Waals surface area contributed by atoms with Crippen molar-refractivity contribution in [1.82, 2.24) is 9.88 Å². The van der Waals surface area contributed by atoms with Crippen LogP contribution in [0.4, 0.5) is 4.39 Å². The summed E-state index contributed by atoms with van der Waals surface area (Å²) >= 11 is 0. The molecule has 1 aromatic carbocycles. The van der Waals surface area contributed by atoms with Crippen molar-refractivity contribution in [1.29, 1.82) is 0 Å². The van der Waals surface area contributed by atoms with Gasteiger partial charge in [0.05, 0.1) is 11.2 Å². The molecule has 6 atom stereocenters. The van der Waals surface area contributed by atoms with Gasteiger partial charge in [-0.05, 0) is 117 Å². The van der Waals surface area contributed by atoms with Gasteiger partial charge < -0.3 is 4.74 Å². The molecule has 2 aliphatic carbocycles. The first-order valence-corrected chi connectivity index (χ1v) is 14.9. The lowest BCUT2D eigenvalue weighted by atomic mass is 9.69. The van der Waals surface area contributed by atoms with Crippen LogP contribution in [0.5, 0.6) is 0 Å². The van der Waals surface area contributed by atoms with E-state index in [-0.39, 0.29) is 11.2 Å². The summed E-state index contributed by atoms with van der Waals surface area (Å²) in [5.74, 6) is 1.16. The smallest absolute Gasteiger partial charge is 0.114 e. The van der Waals surface area contributed by atoms with Crippen LogP contribution in [0.2, 0.25) is 0 Å². The minimum absolute atomic E-state index is 0.0944. The second-order valence-corrected chi connectivity index (χ2v) is 12.5. The van der Waals surface area contributed by atoms with E-state index in [0.717, 1.165) is 45.1 Å². The van der Waals surface area contributed by atoms with Crippen molar-refractivity contribution in [2.45, 2.75) is 107 Å². The summed E-state index contributed by atoms with van der Waals surface area (Å²) in [4.78, 5) is 6.78. The SMILES string of the molecule is CCC(CC[C@@H]1CCC=C2C=C3CCC(N4CC[C@H](F)C4)C[C@]34CC[C@@]21O4)c1ccc2ccncc2c1. The summed E-state index contributed by atoms with van der Waals surface area (Å²) in [6.07, 6.45) is 20.6. The third-order valence-electron chi connectivity index (χ3n) is 10.7. The molecule has 37 heavy (non-hydrogen) atoms. The number of hydrogen-bond donors (Lipinski definition) is 0. The summed E-state index contributed by atoms with van der Waals surface area (Å²) in [6.45, 7) is 3.88. The van der Waals surface area contributed by atoms with E-state index >= 15 is 0 Å². The lowest BCUT2D eigenvalue weighted by molar-refractivity contribution is -0.123. The van der Waals surface area contributed by atoms with Gasteiger partial charge in [-0.25, -0.2) is 4.39 Å². The Hall–Kier alpha value is -2.04. The second kappa shape index (κ2) is 9.31. The Morgan fingerprint density at radius 2 is 2.11 bits per heavy atom. The Kier molecular flexibility index (Phi) is 6.05. The number of likely N-dealkylation sites (tertiary alicyclic amines) is 1. The number of fused-ring (bicyclic) bond motifs is 1. The fourth-order valence-corrected chi connectivity index (χ4v) is 8.65. The van der Waals surface area contributed by atoms with Gasteiger partial charge in [0.1, 0.15) is 6.17 Å². The minimum Gasteiger partial charge on any atom is -0.359 e. The van der Waals surface area contributed by atoms with Crippen LogP contribution in [0.25, 0.3) is 10.8 Å². The van der Waals surface area contributed by atoms with Gasteiger partial charge in [-0.2, -0.15) is 0 Å². The van der Waals surface area contributed by atoms with E-state index in [1.807, 2.05) is 12.4 Å². The van der Waals surface area contributed by atoms with Crippen molar-refractivity contribution in [3.8, 4) is 0 Å². The van der Waals surface area contributed by atoms with Crippen LogP contribution >= 0.6 is 0 Å². The topological polar surface area (TPSA) is 25.4 Å². The maximum atomic E-state index is 14.0. The number of rotatable bonds is 6. The maximum absolute atomic E-state index is 14.0. The Morgan fingerprint density at radius 1 is 1.16 bits per heavy atom. The van der Waals surface area contributed by atoms with E-state index < -0.39 is 6.17 Å². The first-order valence-electron chi connectivity index (χ1n) is 14.9. The minimum atomic E-state index is -0.640. The Labute approximate surface area is 221 Å². The summed E-state index contributed by atoms with van der Waals surface area (Å²) in [5, 5.41) is 2.51. The number of halogens is 1. The van der Waals surface area contributed by atoms with Crippen LogP contribution in [0.1, 0.15) is 89.0 Å². The third-order valence-corrected chi connectivity index (χ3v) is 10.7. The molecule has 2 aromatic rings. The van der Waals surface area contributed by atoms with Gasteiger partial charge in [-0.1, -0.05) is 31.2 Å². The molecular weight excluding hydrogens is 459 g/mol. The molecule has 0 radical (unpaired) electrons. The summed E-state index contributed by atoms with van der Waals surface area (Å²) in [5.41, 5.74) is 4.28. The molecular formula is C33H41FN2O. The number of aromatic nitrogens is 1. The predicted octanol–water partition coefficient (Wildman–Crippen LogP) is 7.67. The molecule has 2 bridgehead atoms. The van der Waals surface area contributed by atoms with Crippen molar-refractivity contribution in [2.75, 3.05) is 13.1 Å². The van der Waals surface area contributed by atoms with E-state index in [4.69, 9.17) is 4.74 Å². The molecule has 1 saturated carbocycles. The molecule has 2 spiro atoms. The lowest BCUT2D eigenvalue weighted by Crippen LogP contribution is -2.52. The first-order chi connectivity index (χ1) is 18.1. The van der Waals surface area contributed by atoms with E-state index in [2.05, 4.69) is 53.2 Å². The van der Waals surface area contributed by atoms with Crippen molar-refractivity contribution in [3.63, 3.8) is 0 Å². The summed E-state index contributed by atoms with van der Waals surface area (Å²) in [6, 6.07) is 9.54. The zero-order valence-electron chi connectivity index (χ0n) is 22.3. The second-order valence-electron chi connectivity index (χ2n) is 12.5. The number of hydrogen-bond acceptors (Lipinski definition) is 3. The highest BCUT2D eigenvalue weighted by atomic mass is 19.1.